The molecular formula is C15H12ClNO2. The molecule has 0 aliphatic carbocycles. The first-order valence-electron chi connectivity index (χ1n) is 5.79. The average Bonchev–Trinajstić information content (AvgIpc) is 2.44. The van der Waals surface area contributed by atoms with Gasteiger partial charge in [-0.3, -0.25) is 0 Å². The normalized spacial score (nSPS) is 9.68. The van der Waals surface area contributed by atoms with Crippen LogP contribution in [0.15, 0.2) is 48.5 Å². The lowest BCUT2D eigenvalue weighted by Gasteiger charge is -2.08. The van der Waals surface area contributed by atoms with Gasteiger partial charge in [-0.05, 0) is 36.4 Å². The molecule has 0 aromatic heterocycles. The lowest BCUT2D eigenvalue weighted by Crippen LogP contribution is -2.08. The van der Waals surface area contributed by atoms with Crippen molar-refractivity contribution in [1.29, 1.82) is 5.26 Å². The zero-order valence-electron chi connectivity index (χ0n) is 10.2. The van der Waals surface area contributed by atoms with Crippen molar-refractivity contribution in [1.82, 2.24) is 0 Å². The molecule has 0 spiro atoms. The molecule has 96 valence electrons. The number of nitriles is 1. The van der Waals surface area contributed by atoms with E-state index in [1.807, 2.05) is 12.1 Å². The van der Waals surface area contributed by atoms with Gasteiger partial charge >= 0.3 is 0 Å². The van der Waals surface area contributed by atoms with Crippen LogP contribution in [-0.4, -0.2) is 13.2 Å². The number of hydrogen-bond donors (Lipinski definition) is 0. The third-order valence-electron chi connectivity index (χ3n) is 2.38. The van der Waals surface area contributed by atoms with Crippen LogP contribution in [0, 0.1) is 11.3 Å². The maximum absolute atomic E-state index is 8.77. The number of nitrogens with zero attached hydrogens (tertiary/aromatic N) is 1. The minimum absolute atomic E-state index is 0.404. The second kappa shape index (κ2) is 6.67. The number of rotatable bonds is 5. The third kappa shape index (κ3) is 4.20. The van der Waals surface area contributed by atoms with Crippen molar-refractivity contribution in [2.24, 2.45) is 0 Å². The van der Waals surface area contributed by atoms with E-state index in [1.165, 1.54) is 0 Å². The fourth-order valence-electron chi connectivity index (χ4n) is 1.53. The largest absolute Gasteiger partial charge is 0.490 e. The predicted molar refractivity (Wildman–Crippen MR) is 73.6 cm³/mol. The molecule has 0 radical (unpaired) electrons. The van der Waals surface area contributed by atoms with E-state index in [-0.39, 0.29) is 0 Å². The first-order chi connectivity index (χ1) is 9.28. The summed E-state index contributed by atoms with van der Waals surface area (Å²) in [7, 11) is 0. The Morgan fingerprint density at radius 1 is 0.947 bits per heavy atom. The molecule has 2 rings (SSSR count). The summed E-state index contributed by atoms with van der Waals surface area (Å²) in [4.78, 5) is 0. The van der Waals surface area contributed by atoms with Crippen molar-refractivity contribution in [2.45, 2.75) is 0 Å². The van der Waals surface area contributed by atoms with Gasteiger partial charge in [-0.25, -0.2) is 0 Å². The summed E-state index contributed by atoms with van der Waals surface area (Å²) in [5.74, 6) is 1.37. The molecule has 0 aliphatic rings. The van der Waals surface area contributed by atoms with Gasteiger partial charge in [0.2, 0.25) is 0 Å². The van der Waals surface area contributed by atoms with Crippen LogP contribution in [0.25, 0.3) is 0 Å². The van der Waals surface area contributed by atoms with Crippen LogP contribution < -0.4 is 9.47 Å². The van der Waals surface area contributed by atoms with E-state index in [1.54, 1.807) is 36.4 Å². The highest BCUT2D eigenvalue weighted by Crippen LogP contribution is 2.17. The van der Waals surface area contributed by atoms with Crippen LogP contribution in [0.1, 0.15) is 5.56 Å². The van der Waals surface area contributed by atoms with Crippen molar-refractivity contribution in [3.63, 3.8) is 0 Å². The monoisotopic (exact) mass is 273 g/mol. The molecule has 3 nitrogen and oxygen atoms in total. The summed E-state index contributed by atoms with van der Waals surface area (Å²) < 4.78 is 11.0. The summed E-state index contributed by atoms with van der Waals surface area (Å²) in [5, 5.41) is 9.40. The van der Waals surface area contributed by atoms with Gasteiger partial charge in [0.05, 0.1) is 11.6 Å². The quantitative estimate of drug-likeness (QED) is 0.781. The highest BCUT2D eigenvalue weighted by Gasteiger charge is 1.98. The van der Waals surface area contributed by atoms with Crippen LogP contribution in [0.5, 0.6) is 11.5 Å². The van der Waals surface area contributed by atoms with Crippen molar-refractivity contribution >= 4 is 11.6 Å². The van der Waals surface area contributed by atoms with Crippen LogP contribution in [0.3, 0.4) is 0 Å². The van der Waals surface area contributed by atoms with Crippen LogP contribution in [0.4, 0.5) is 0 Å². The topological polar surface area (TPSA) is 42.2 Å². The van der Waals surface area contributed by atoms with Gasteiger partial charge in [0, 0.05) is 5.02 Å². The van der Waals surface area contributed by atoms with Crippen molar-refractivity contribution in [3.8, 4) is 17.6 Å². The fraction of sp³-hybridized carbons (Fsp3) is 0.133. The lowest BCUT2D eigenvalue weighted by atomic mass is 10.2. The Kier molecular flexibility index (Phi) is 4.66. The Bertz CT molecular complexity index is 593. The zero-order chi connectivity index (χ0) is 13.5. The second-order valence-corrected chi connectivity index (χ2v) is 4.23. The fourth-order valence-corrected chi connectivity index (χ4v) is 1.71. The average molecular weight is 274 g/mol. The Labute approximate surface area is 117 Å². The molecule has 2 aromatic rings. The second-order valence-electron chi connectivity index (χ2n) is 3.79. The first kappa shape index (κ1) is 13.3. The Morgan fingerprint density at radius 2 is 1.58 bits per heavy atom. The molecule has 0 aliphatic heterocycles. The van der Waals surface area contributed by atoms with Gasteiger partial charge in [-0.1, -0.05) is 23.7 Å². The number of halogens is 1. The molecule has 19 heavy (non-hydrogen) atoms. The van der Waals surface area contributed by atoms with Crippen LogP contribution in [0.2, 0.25) is 5.02 Å². The van der Waals surface area contributed by atoms with Crippen LogP contribution in [-0.2, 0) is 0 Å². The van der Waals surface area contributed by atoms with E-state index in [9.17, 15) is 0 Å². The van der Waals surface area contributed by atoms with E-state index < -0.39 is 0 Å². The highest BCUT2D eigenvalue weighted by atomic mass is 35.5. The van der Waals surface area contributed by atoms with Crippen molar-refractivity contribution in [3.05, 3.63) is 59.1 Å². The number of benzene rings is 2. The predicted octanol–water partition coefficient (Wildman–Crippen LogP) is 3.67. The Morgan fingerprint density at radius 3 is 2.21 bits per heavy atom. The van der Waals surface area contributed by atoms with E-state index in [0.717, 1.165) is 0 Å². The minimum atomic E-state index is 0.404. The molecule has 0 atom stereocenters. The van der Waals surface area contributed by atoms with Gasteiger partial charge in [0.1, 0.15) is 24.7 Å². The van der Waals surface area contributed by atoms with Gasteiger partial charge < -0.3 is 9.47 Å². The standard InChI is InChI=1S/C15H12ClNO2/c16-13-4-2-6-15(10-13)19-8-7-18-14-5-1-3-12(9-14)11-17/h1-6,9-10H,7-8H2. The van der Waals surface area contributed by atoms with Crippen molar-refractivity contribution < 1.29 is 9.47 Å². The summed E-state index contributed by atoms with van der Waals surface area (Å²) in [6, 6.07) is 16.3. The van der Waals surface area contributed by atoms with E-state index in [0.29, 0.717) is 35.3 Å². The highest BCUT2D eigenvalue weighted by molar-refractivity contribution is 6.30. The number of ether oxygens (including phenoxy) is 2. The SMILES string of the molecule is N#Cc1cccc(OCCOc2cccc(Cl)c2)c1. The molecule has 0 heterocycles. The first-order valence-corrected chi connectivity index (χ1v) is 6.17. The molecule has 0 bridgehead atoms. The molecule has 0 fully saturated rings. The Hall–Kier alpha value is -2.18. The molecule has 0 amide bonds. The lowest BCUT2D eigenvalue weighted by molar-refractivity contribution is 0.217. The van der Waals surface area contributed by atoms with Gasteiger partial charge in [-0.15, -0.1) is 0 Å². The smallest absolute Gasteiger partial charge is 0.122 e. The summed E-state index contributed by atoms with van der Waals surface area (Å²) in [5.41, 5.74) is 0.577. The minimum Gasteiger partial charge on any atom is -0.490 e. The van der Waals surface area contributed by atoms with Crippen LogP contribution >= 0.6 is 11.6 Å². The number of hydrogen-bond acceptors (Lipinski definition) is 3. The van der Waals surface area contributed by atoms with Gasteiger partial charge in [0.15, 0.2) is 0 Å². The zero-order valence-corrected chi connectivity index (χ0v) is 10.9. The molecular weight excluding hydrogens is 262 g/mol. The maximum Gasteiger partial charge on any atom is 0.122 e. The van der Waals surface area contributed by atoms with E-state index in [2.05, 4.69) is 6.07 Å². The maximum atomic E-state index is 8.77. The van der Waals surface area contributed by atoms with E-state index in [4.69, 9.17) is 26.3 Å². The molecule has 4 heteroatoms. The summed E-state index contributed by atoms with van der Waals surface area (Å²) >= 11 is 5.85. The molecule has 0 saturated heterocycles. The third-order valence-corrected chi connectivity index (χ3v) is 2.62. The Balaban J connectivity index is 1.79. The molecule has 0 unspecified atom stereocenters. The summed E-state index contributed by atoms with van der Waals surface area (Å²) in [6.45, 7) is 0.818. The molecule has 0 saturated carbocycles. The van der Waals surface area contributed by atoms with Gasteiger partial charge in [0.25, 0.3) is 0 Å². The molecule has 2 aromatic carbocycles. The van der Waals surface area contributed by atoms with Gasteiger partial charge in [-0.2, -0.15) is 5.26 Å². The molecule has 0 N–H and O–H groups in total. The van der Waals surface area contributed by atoms with Crippen molar-refractivity contribution in [2.75, 3.05) is 13.2 Å². The summed E-state index contributed by atoms with van der Waals surface area (Å²) in [6.07, 6.45) is 0. The van der Waals surface area contributed by atoms with E-state index >= 15 is 0 Å².